The number of hydrogen-bond acceptors (Lipinski definition) is 11. The molecule has 0 aliphatic heterocycles. The Kier molecular flexibility index (Phi) is 18.3. The third-order valence-corrected chi connectivity index (χ3v) is 9.86. The molecule has 4 aromatic carbocycles. The molecule has 1 unspecified atom stereocenters. The average molecular weight is 818 g/mol. The van der Waals surface area contributed by atoms with E-state index in [0.717, 1.165) is 41.0 Å². The molecule has 13 nitrogen and oxygen atoms in total. The second kappa shape index (κ2) is 23.3. The van der Waals surface area contributed by atoms with Crippen molar-refractivity contribution in [3.05, 3.63) is 125 Å². The molecule has 0 saturated heterocycles. The quantitative estimate of drug-likeness (QED) is 0.0443. The number of amides is 2. The number of esters is 1. The molecular weight excluding hydrogens is 761 g/mol. The smallest absolute Gasteiger partial charge is 0.431 e. The van der Waals surface area contributed by atoms with E-state index in [2.05, 4.69) is 43.2 Å². The van der Waals surface area contributed by atoms with Gasteiger partial charge in [-0.15, -0.1) is 0 Å². The molecule has 0 radical (unpaired) electrons. The van der Waals surface area contributed by atoms with Crippen molar-refractivity contribution in [1.82, 2.24) is 0 Å². The predicted octanol–water partition coefficient (Wildman–Crippen LogP) is 10.3. The maximum absolute atomic E-state index is 13.6. The number of aryl methyl sites for hydroxylation is 2. The molecule has 0 bridgehead atoms. The fourth-order valence-corrected chi connectivity index (χ4v) is 6.99. The Morgan fingerprint density at radius 1 is 0.690 bits per heavy atom. The Morgan fingerprint density at radius 2 is 1.28 bits per heavy atom. The van der Waals surface area contributed by atoms with Crippen LogP contribution in [0, 0.1) is 18.8 Å². The van der Waals surface area contributed by atoms with Crippen LogP contribution in [-0.2, 0) is 56.8 Å². The van der Waals surface area contributed by atoms with Crippen molar-refractivity contribution in [1.29, 1.82) is 0 Å². The molecular formula is C44H56N3O10P. The number of anilines is 3. The molecule has 2 N–H and O–H groups in total. The van der Waals surface area contributed by atoms with E-state index in [9.17, 15) is 18.9 Å². The highest BCUT2D eigenvalue weighted by molar-refractivity contribution is 7.48. The largest absolute Gasteiger partial charge is 0.511 e. The summed E-state index contributed by atoms with van der Waals surface area (Å²) < 4.78 is 45.6. The highest BCUT2D eigenvalue weighted by Crippen LogP contribution is 2.52. The van der Waals surface area contributed by atoms with Crippen LogP contribution in [0.5, 0.6) is 0 Å². The Bertz CT molecular complexity index is 1870. The van der Waals surface area contributed by atoms with E-state index in [0.29, 0.717) is 29.6 Å². The van der Waals surface area contributed by atoms with Gasteiger partial charge in [-0.05, 0) is 73.1 Å². The molecule has 0 heterocycles. The van der Waals surface area contributed by atoms with Gasteiger partial charge in [-0.3, -0.25) is 18.4 Å². The van der Waals surface area contributed by atoms with Gasteiger partial charge in [0.25, 0.3) is 0 Å². The number of rotatable bonds is 22. The molecule has 4 aromatic rings. The highest BCUT2D eigenvalue weighted by Gasteiger charge is 2.30. The number of hydrogen-bond donors (Lipinski definition) is 2. The van der Waals surface area contributed by atoms with Gasteiger partial charge in [-0.25, -0.2) is 14.2 Å². The number of nitrogens with one attached hydrogen (secondary N) is 2. The molecule has 0 saturated carbocycles. The van der Waals surface area contributed by atoms with Gasteiger partial charge >= 0.3 is 26.0 Å². The number of benzene rings is 4. The van der Waals surface area contributed by atoms with Crippen LogP contribution in [0.1, 0.15) is 63.3 Å². The monoisotopic (exact) mass is 817 g/mol. The Hall–Kier alpha value is -5.20. The summed E-state index contributed by atoms with van der Waals surface area (Å²) in [5.74, 6) is 0.159. The number of carbonyl (C=O) groups is 3. The van der Waals surface area contributed by atoms with E-state index in [-0.39, 0.29) is 32.3 Å². The van der Waals surface area contributed by atoms with Gasteiger partial charge in [0.2, 0.25) is 6.79 Å². The molecule has 58 heavy (non-hydrogen) atoms. The lowest BCUT2D eigenvalue weighted by atomic mass is 10.1. The second-order valence-electron chi connectivity index (χ2n) is 14.7. The lowest BCUT2D eigenvalue weighted by Gasteiger charge is -2.30. The Labute approximate surface area is 341 Å². The molecule has 0 aliphatic rings. The van der Waals surface area contributed by atoms with Crippen LogP contribution in [0.4, 0.5) is 26.7 Å². The zero-order valence-corrected chi connectivity index (χ0v) is 35.1. The molecule has 2 amide bonds. The van der Waals surface area contributed by atoms with Crippen LogP contribution >= 0.6 is 7.82 Å². The molecule has 312 valence electrons. The summed E-state index contributed by atoms with van der Waals surface area (Å²) in [6.07, 6.45) is -1.73. The van der Waals surface area contributed by atoms with Crippen molar-refractivity contribution in [2.45, 2.75) is 73.7 Å². The van der Waals surface area contributed by atoms with Gasteiger partial charge in [0.05, 0.1) is 24.6 Å². The average Bonchev–Trinajstić information content (AvgIpc) is 3.19. The Morgan fingerprint density at radius 3 is 1.84 bits per heavy atom. The van der Waals surface area contributed by atoms with E-state index in [1.807, 2.05) is 110 Å². The summed E-state index contributed by atoms with van der Waals surface area (Å²) in [6.45, 7) is 12.6. The Balaban J connectivity index is 1.27. The van der Waals surface area contributed by atoms with E-state index < -0.39 is 32.8 Å². The van der Waals surface area contributed by atoms with Crippen LogP contribution in [0.2, 0.25) is 0 Å². The topological polar surface area (TPSA) is 151 Å². The normalized spacial score (nSPS) is 11.9. The maximum Gasteiger partial charge on any atom is 0.511 e. The first-order chi connectivity index (χ1) is 27.8. The SMILES string of the molecule is Cc1ccc(NC(=O)Nc2cc(CCC(=O)OCOC(=O)OCC(C)OP(=O)(OCc3ccccc3)OCc3ccccc3)ccc2N(CC(C)C)CC(C)C)cc1. The maximum atomic E-state index is 13.6. The summed E-state index contributed by atoms with van der Waals surface area (Å²) in [5, 5.41) is 5.90. The molecule has 1 atom stereocenters. The summed E-state index contributed by atoms with van der Waals surface area (Å²) in [7, 11) is -4.11. The molecule has 0 aliphatic carbocycles. The van der Waals surface area contributed by atoms with Crippen molar-refractivity contribution in [2.75, 3.05) is 42.0 Å². The minimum atomic E-state index is -4.11. The van der Waals surface area contributed by atoms with Crippen LogP contribution < -0.4 is 15.5 Å². The van der Waals surface area contributed by atoms with Crippen LogP contribution in [0.3, 0.4) is 0 Å². The number of nitrogens with zero attached hydrogens (tertiary/aromatic N) is 1. The van der Waals surface area contributed by atoms with Gasteiger partial charge in [-0.1, -0.05) is 112 Å². The van der Waals surface area contributed by atoms with Crippen molar-refractivity contribution in [3.8, 4) is 0 Å². The number of ether oxygens (including phenoxy) is 3. The van der Waals surface area contributed by atoms with E-state index >= 15 is 0 Å². The molecule has 0 spiro atoms. The zero-order valence-electron chi connectivity index (χ0n) is 34.2. The van der Waals surface area contributed by atoms with E-state index in [1.54, 1.807) is 0 Å². The van der Waals surface area contributed by atoms with Crippen molar-refractivity contribution < 1.29 is 46.7 Å². The third-order valence-electron chi connectivity index (χ3n) is 8.35. The van der Waals surface area contributed by atoms with E-state index in [4.69, 9.17) is 27.8 Å². The summed E-state index contributed by atoms with van der Waals surface area (Å²) >= 11 is 0. The predicted molar refractivity (Wildman–Crippen MR) is 224 cm³/mol. The number of phosphoric ester groups is 1. The first-order valence-electron chi connectivity index (χ1n) is 19.4. The second-order valence-corrected chi connectivity index (χ2v) is 16.3. The molecule has 0 fully saturated rings. The number of phosphoric acid groups is 1. The molecule has 0 aromatic heterocycles. The fraction of sp³-hybridized carbons (Fsp3) is 0.386. The number of carbonyl (C=O) groups excluding carboxylic acids is 3. The first kappa shape index (κ1) is 45.5. The number of urea groups is 1. The standard InChI is InChI=1S/C44H56N3O10P/c1-32(2)26-47(27-33(3)4)41-23-19-36(25-40(41)46-43(49)45-39-21-17-34(5)18-22-39)20-24-42(48)53-31-54-44(50)52-28-35(6)57-58(51,55-29-37-13-9-7-10-14-37)56-30-38-15-11-8-12-16-38/h7-19,21-23,25,32-33,35H,20,24,26-31H2,1-6H3,(H2,45,46,49). The first-order valence-corrected chi connectivity index (χ1v) is 20.9. The van der Waals surface area contributed by atoms with Gasteiger partial charge in [0.15, 0.2) is 0 Å². The lowest BCUT2D eigenvalue weighted by Crippen LogP contribution is -2.32. The zero-order chi connectivity index (χ0) is 41.9. The molecule has 4 rings (SSSR count). The summed E-state index contributed by atoms with van der Waals surface area (Å²) in [4.78, 5) is 40.3. The minimum absolute atomic E-state index is 0.0133. The molecule has 14 heteroatoms. The summed E-state index contributed by atoms with van der Waals surface area (Å²) in [5.41, 5.74) is 5.57. The van der Waals surface area contributed by atoms with Gasteiger partial charge in [0.1, 0.15) is 12.7 Å². The van der Waals surface area contributed by atoms with Crippen LogP contribution in [0.15, 0.2) is 103 Å². The van der Waals surface area contributed by atoms with Crippen molar-refractivity contribution >= 4 is 43.0 Å². The lowest BCUT2D eigenvalue weighted by molar-refractivity contribution is -0.153. The van der Waals surface area contributed by atoms with Gasteiger partial charge in [-0.2, -0.15) is 0 Å². The van der Waals surface area contributed by atoms with E-state index in [1.165, 1.54) is 6.92 Å². The fourth-order valence-electron chi connectivity index (χ4n) is 5.68. The third kappa shape index (κ3) is 16.7. The van der Waals surface area contributed by atoms with Crippen molar-refractivity contribution in [2.24, 2.45) is 11.8 Å². The van der Waals surface area contributed by atoms with Gasteiger partial charge < -0.3 is 29.7 Å². The van der Waals surface area contributed by atoms with Crippen LogP contribution in [0.25, 0.3) is 0 Å². The highest BCUT2D eigenvalue weighted by atomic mass is 31.2. The summed E-state index contributed by atoms with van der Waals surface area (Å²) in [6, 6.07) is 31.2. The van der Waals surface area contributed by atoms with Crippen LogP contribution in [-0.4, -0.2) is 50.7 Å². The van der Waals surface area contributed by atoms with Gasteiger partial charge in [0, 0.05) is 25.2 Å². The van der Waals surface area contributed by atoms with Crippen molar-refractivity contribution in [3.63, 3.8) is 0 Å². The minimum Gasteiger partial charge on any atom is -0.431 e.